The van der Waals surface area contributed by atoms with Crippen molar-refractivity contribution in [2.75, 3.05) is 21.3 Å². The molecule has 0 fully saturated rings. The maximum Gasteiger partial charge on any atom is 0.279 e. The average molecular weight is 322 g/mol. The van der Waals surface area contributed by atoms with Crippen molar-refractivity contribution < 1.29 is 19.0 Å². The zero-order valence-corrected chi connectivity index (χ0v) is 13.8. The van der Waals surface area contributed by atoms with Crippen molar-refractivity contribution >= 4 is 17.2 Å². The fraction of sp³-hybridized carbons (Fsp3) is 0.333. The van der Waals surface area contributed by atoms with Gasteiger partial charge in [-0.3, -0.25) is 4.79 Å². The van der Waals surface area contributed by atoms with Gasteiger partial charge in [0.15, 0.2) is 16.3 Å². The van der Waals surface area contributed by atoms with Gasteiger partial charge in [-0.2, -0.15) is 4.99 Å². The maximum atomic E-state index is 12.4. The zero-order valence-electron chi connectivity index (χ0n) is 13.0. The number of carbonyl (C=O) groups is 1. The number of rotatable bonds is 5. The molecule has 6 nitrogen and oxygen atoms in total. The SMILES string of the molecule is CCn1ccsc1=NC(=O)c1cc(OC)c(OC)c(OC)c1. The van der Waals surface area contributed by atoms with Crippen LogP contribution < -0.4 is 19.0 Å². The van der Waals surface area contributed by atoms with Crippen LogP contribution in [0.1, 0.15) is 17.3 Å². The van der Waals surface area contributed by atoms with Gasteiger partial charge < -0.3 is 18.8 Å². The molecule has 0 N–H and O–H groups in total. The van der Waals surface area contributed by atoms with E-state index in [0.717, 1.165) is 6.54 Å². The summed E-state index contributed by atoms with van der Waals surface area (Å²) >= 11 is 1.41. The molecule has 1 aromatic carbocycles. The van der Waals surface area contributed by atoms with Gasteiger partial charge in [0.1, 0.15) is 0 Å². The van der Waals surface area contributed by atoms with E-state index in [1.165, 1.54) is 32.7 Å². The van der Waals surface area contributed by atoms with Gasteiger partial charge in [-0.25, -0.2) is 0 Å². The Balaban J connectivity index is 2.48. The highest BCUT2D eigenvalue weighted by molar-refractivity contribution is 7.07. The van der Waals surface area contributed by atoms with Gasteiger partial charge >= 0.3 is 0 Å². The lowest BCUT2D eigenvalue weighted by atomic mass is 10.1. The van der Waals surface area contributed by atoms with E-state index in [1.807, 2.05) is 23.1 Å². The highest BCUT2D eigenvalue weighted by atomic mass is 32.1. The first kappa shape index (κ1) is 16.1. The Morgan fingerprint density at radius 1 is 1.18 bits per heavy atom. The summed E-state index contributed by atoms with van der Waals surface area (Å²) in [6.45, 7) is 2.75. The molecule has 22 heavy (non-hydrogen) atoms. The van der Waals surface area contributed by atoms with Crippen LogP contribution in [-0.2, 0) is 6.54 Å². The Bertz CT molecular complexity index is 708. The fourth-order valence-corrected chi connectivity index (χ4v) is 2.77. The Morgan fingerprint density at radius 2 is 1.82 bits per heavy atom. The van der Waals surface area contributed by atoms with Crippen LogP contribution >= 0.6 is 11.3 Å². The minimum atomic E-state index is -0.357. The number of thiazole rings is 1. The topological polar surface area (TPSA) is 62.1 Å². The number of hydrogen-bond donors (Lipinski definition) is 0. The minimum Gasteiger partial charge on any atom is -0.493 e. The van der Waals surface area contributed by atoms with Gasteiger partial charge in [0, 0.05) is 23.7 Å². The summed E-state index contributed by atoms with van der Waals surface area (Å²) in [5.41, 5.74) is 0.380. The van der Waals surface area contributed by atoms with Crippen molar-refractivity contribution in [1.82, 2.24) is 4.57 Å². The molecule has 1 heterocycles. The first-order chi connectivity index (χ1) is 10.6. The molecule has 0 atom stereocenters. The van der Waals surface area contributed by atoms with Crippen molar-refractivity contribution in [2.45, 2.75) is 13.5 Å². The highest BCUT2D eigenvalue weighted by Crippen LogP contribution is 2.38. The predicted molar refractivity (Wildman–Crippen MR) is 84.0 cm³/mol. The van der Waals surface area contributed by atoms with Crippen molar-refractivity contribution in [1.29, 1.82) is 0 Å². The van der Waals surface area contributed by atoms with Crippen LogP contribution in [0, 0.1) is 0 Å². The quantitative estimate of drug-likeness (QED) is 0.847. The summed E-state index contributed by atoms with van der Waals surface area (Å²) in [6, 6.07) is 3.19. The number of nitrogens with zero attached hydrogens (tertiary/aromatic N) is 2. The average Bonchev–Trinajstić information content (AvgIpc) is 3.00. The smallest absolute Gasteiger partial charge is 0.279 e. The molecule has 0 aliphatic heterocycles. The molecule has 1 amide bonds. The molecular formula is C15H18N2O4S. The summed E-state index contributed by atoms with van der Waals surface area (Å²) in [6.07, 6.45) is 1.89. The number of benzene rings is 1. The summed E-state index contributed by atoms with van der Waals surface area (Å²) in [5, 5.41) is 1.89. The Kier molecular flexibility index (Phi) is 5.21. The fourth-order valence-electron chi connectivity index (χ4n) is 1.98. The molecule has 0 aliphatic carbocycles. The van der Waals surface area contributed by atoms with Crippen LogP contribution in [0.25, 0.3) is 0 Å². The third-order valence-corrected chi connectivity index (χ3v) is 3.90. The lowest BCUT2D eigenvalue weighted by molar-refractivity contribution is 0.0997. The Labute approximate surface area is 132 Å². The van der Waals surface area contributed by atoms with Gasteiger partial charge in [-0.05, 0) is 19.1 Å². The molecule has 118 valence electrons. The minimum absolute atomic E-state index is 0.357. The molecule has 0 saturated carbocycles. The van der Waals surface area contributed by atoms with Crippen LogP contribution in [0.4, 0.5) is 0 Å². The first-order valence-corrected chi connectivity index (χ1v) is 7.55. The lowest BCUT2D eigenvalue weighted by Gasteiger charge is -2.12. The Hall–Kier alpha value is -2.28. The van der Waals surface area contributed by atoms with Crippen LogP contribution in [-0.4, -0.2) is 31.8 Å². The third kappa shape index (κ3) is 3.14. The normalized spacial score (nSPS) is 11.4. The number of amides is 1. The summed E-state index contributed by atoms with van der Waals surface area (Å²) in [4.78, 5) is 17.2. The number of aryl methyl sites for hydroxylation is 1. The third-order valence-electron chi connectivity index (χ3n) is 3.11. The monoisotopic (exact) mass is 322 g/mol. The first-order valence-electron chi connectivity index (χ1n) is 6.67. The van der Waals surface area contributed by atoms with Crippen molar-refractivity contribution in [3.63, 3.8) is 0 Å². The number of aromatic nitrogens is 1. The molecule has 2 rings (SSSR count). The lowest BCUT2D eigenvalue weighted by Crippen LogP contribution is -2.15. The number of hydrogen-bond acceptors (Lipinski definition) is 5. The van der Waals surface area contributed by atoms with Crippen LogP contribution in [0.15, 0.2) is 28.7 Å². The van der Waals surface area contributed by atoms with E-state index in [1.54, 1.807) is 12.1 Å². The van der Waals surface area contributed by atoms with Gasteiger partial charge in [-0.1, -0.05) is 0 Å². The molecule has 0 aliphatic rings. The van der Waals surface area contributed by atoms with Crippen molar-refractivity contribution in [2.24, 2.45) is 4.99 Å². The summed E-state index contributed by atoms with van der Waals surface area (Å²) in [5.74, 6) is 0.940. The summed E-state index contributed by atoms with van der Waals surface area (Å²) < 4.78 is 17.6. The molecule has 2 aromatic rings. The number of ether oxygens (including phenoxy) is 3. The molecular weight excluding hydrogens is 304 g/mol. The largest absolute Gasteiger partial charge is 0.493 e. The summed E-state index contributed by atoms with van der Waals surface area (Å²) in [7, 11) is 4.53. The molecule has 0 bridgehead atoms. The molecule has 0 radical (unpaired) electrons. The van der Waals surface area contributed by atoms with E-state index in [4.69, 9.17) is 14.2 Å². The molecule has 0 saturated heterocycles. The van der Waals surface area contributed by atoms with Crippen LogP contribution in [0.2, 0.25) is 0 Å². The van der Waals surface area contributed by atoms with E-state index in [9.17, 15) is 4.79 Å². The molecule has 7 heteroatoms. The molecule has 1 aromatic heterocycles. The highest BCUT2D eigenvalue weighted by Gasteiger charge is 2.16. The van der Waals surface area contributed by atoms with Crippen LogP contribution in [0.5, 0.6) is 17.2 Å². The second-order valence-corrected chi connectivity index (χ2v) is 5.18. The number of methoxy groups -OCH3 is 3. The molecule has 0 unspecified atom stereocenters. The maximum absolute atomic E-state index is 12.4. The second kappa shape index (κ2) is 7.13. The van der Waals surface area contributed by atoms with Crippen LogP contribution in [0.3, 0.4) is 0 Å². The second-order valence-electron chi connectivity index (χ2n) is 4.30. The van der Waals surface area contributed by atoms with E-state index < -0.39 is 0 Å². The van der Waals surface area contributed by atoms with Crippen molar-refractivity contribution in [3.8, 4) is 17.2 Å². The number of carbonyl (C=O) groups excluding carboxylic acids is 1. The predicted octanol–water partition coefficient (Wildman–Crippen LogP) is 2.34. The van der Waals surface area contributed by atoms with E-state index in [2.05, 4.69) is 4.99 Å². The van der Waals surface area contributed by atoms with E-state index in [-0.39, 0.29) is 5.91 Å². The van der Waals surface area contributed by atoms with Gasteiger partial charge in [-0.15, -0.1) is 11.3 Å². The van der Waals surface area contributed by atoms with Gasteiger partial charge in [0.2, 0.25) is 5.75 Å². The van der Waals surface area contributed by atoms with Gasteiger partial charge in [0.25, 0.3) is 5.91 Å². The molecule has 0 spiro atoms. The standard InChI is InChI=1S/C15H18N2O4S/c1-5-17-6-7-22-15(17)16-14(18)10-8-11(19-2)13(21-4)12(9-10)20-3/h6-9H,5H2,1-4H3. The van der Waals surface area contributed by atoms with Crippen molar-refractivity contribution in [3.05, 3.63) is 34.1 Å². The van der Waals surface area contributed by atoms with E-state index >= 15 is 0 Å². The Morgan fingerprint density at radius 3 is 2.32 bits per heavy atom. The zero-order chi connectivity index (χ0) is 16.1. The van der Waals surface area contributed by atoms with Gasteiger partial charge in [0.05, 0.1) is 21.3 Å². The van der Waals surface area contributed by atoms with E-state index in [0.29, 0.717) is 27.6 Å².